The Hall–Kier alpha value is 0.240. The first kappa shape index (κ1) is 7.35. The number of likely N-dealkylation sites (tertiary alicyclic amines) is 1. The van der Waals surface area contributed by atoms with Crippen molar-refractivity contribution >= 4 is 28.3 Å². The van der Waals surface area contributed by atoms with Gasteiger partial charge in [0.2, 0.25) is 0 Å². The molecule has 1 aliphatic heterocycles. The Kier molecular flexibility index (Phi) is 2.79. The van der Waals surface area contributed by atoms with Gasteiger partial charge in [-0.25, -0.2) is 0 Å². The van der Waals surface area contributed by atoms with Gasteiger partial charge in [0.05, 0.1) is 0 Å². The summed E-state index contributed by atoms with van der Waals surface area (Å²) in [7, 11) is 0. The minimum Gasteiger partial charge on any atom is -0.358 e. The van der Waals surface area contributed by atoms with Gasteiger partial charge in [-0.3, -0.25) is 0 Å². The Balaban J connectivity index is 2.32. The molecule has 1 heterocycles. The van der Waals surface area contributed by atoms with Gasteiger partial charge >= 0.3 is 0 Å². The Morgan fingerprint density at radius 2 is 2.00 bits per heavy atom. The SMILES string of the molecule is CSC(=S)N1CCCC1. The minimum atomic E-state index is 1.06. The van der Waals surface area contributed by atoms with Crippen LogP contribution in [0.5, 0.6) is 0 Å². The van der Waals surface area contributed by atoms with Crippen LogP contribution in [0.4, 0.5) is 0 Å². The molecule has 1 fully saturated rings. The minimum absolute atomic E-state index is 1.06. The maximum Gasteiger partial charge on any atom is 0.136 e. The lowest BCUT2D eigenvalue weighted by atomic mass is 10.4. The van der Waals surface area contributed by atoms with Crippen LogP contribution >= 0.6 is 24.0 Å². The number of hydrogen-bond acceptors (Lipinski definition) is 2. The molecule has 1 aliphatic rings. The van der Waals surface area contributed by atoms with Crippen molar-refractivity contribution in [2.24, 2.45) is 0 Å². The topological polar surface area (TPSA) is 3.24 Å². The van der Waals surface area contributed by atoms with Crippen LogP contribution in [-0.4, -0.2) is 28.6 Å². The fraction of sp³-hybridized carbons (Fsp3) is 0.833. The van der Waals surface area contributed by atoms with Crippen molar-refractivity contribution in [3.8, 4) is 0 Å². The van der Waals surface area contributed by atoms with Gasteiger partial charge in [-0.15, -0.1) is 11.8 Å². The Morgan fingerprint density at radius 1 is 1.44 bits per heavy atom. The van der Waals surface area contributed by atoms with E-state index in [-0.39, 0.29) is 0 Å². The van der Waals surface area contributed by atoms with Crippen LogP contribution in [0.15, 0.2) is 0 Å². The smallest absolute Gasteiger partial charge is 0.136 e. The zero-order valence-corrected chi connectivity index (χ0v) is 7.23. The largest absolute Gasteiger partial charge is 0.358 e. The second-order valence-corrected chi connectivity index (χ2v) is 3.60. The molecule has 9 heavy (non-hydrogen) atoms. The zero-order valence-electron chi connectivity index (χ0n) is 5.59. The maximum absolute atomic E-state index is 5.10. The summed E-state index contributed by atoms with van der Waals surface area (Å²) in [6.45, 7) is 2.36. The molecule has 52 valence electrons. The van der Waals surface area contributed by atoms with Gasteiger partial charge in [0.25, 0.3) is 0 Å². The van der Waals surface area contributed by atoms with Gasteiger partial charge in [-0.1, -0.05) is 12.2 Å². The summed E-state index contributed by atoms with van der Waals surface area (Å²) in [6.07, 6.45) is 4.68. The van der Waals surface area contributed by atoms with Gasteiger partial charge in [0, 0.05) is 13.1 Å². The summed E-state index contributed by atoms with van der Waals surface area (Å²) in [5.74, 6) is 0. The Morgan fingerprint density at radius 3 is 2.44 bits per heavy atom. The Bertz CT molecular complexity index is 108. The quantitative estimate of drug-likeness (QED) is 0.498. The van der Waals surface area contributed by atoms with Crippen LogP contribution in [-0.2, 0) is 0 Å². The molecule has 1 rings (SSSR count). The van der Waals surface area contributed by atoms with E-state index in [9.17, 15) is 0 Å². The van der Waals surface area contributed by atoms with Crippen molar-refractivity contribution in [1.82, 2.24) is 4.90 Å². The van der Waals surface area contributed by atoms with E-state index in [1.54, 1.807) is 11.8 Å². The van der Waals surface area contributed by atoms with E-state index < -0.39 is 0 Å². The molecule has 0 unspecified atom stereocenters. The van der Waals surface area contributed by atoms with Crippen molar-refractivity contribution in [2.45, 2.75) is 12.8 Å². The van der Waals surface area contributed by atoms with E-state index in [4.69, 9.17) is 12.2 Å². The summed E-state index contributed by atoms with van der Waals surface area (Å²) in [4.78, 5) is 2.28. The molecular weight excluding hydrogens is 150 g/mol. The van der Waals surface area contributed by atoms with Crippen molar-refractivity contribution in [3.05, 3.63) is 0 Å². The highest BCUT2D eigenvalue weighted by Crippen LogP contribution is 2.13. The van der Waals surface area contributed by atoms with E-state index in [2.05, 4.69) is 4.90 Å². The summed E-state index contributed by atoms with van der Waals surface area (Å²) in [5.41, 5.74) is 0. The lowest BCUT2D eigenvalue weighted by Gasteiger charge is -2.15. The van der Waals surface area contributed by atoms with Crippen LogP contribution in [0.25, 0.3) is 0 Å². The molecule has 1 nitrogen and oxygen atoms in total. The fourth-order valence-electron chi connectivity index (χ4n) is 1.03. The van der Waals surface area contributed by atoms with Gasteiger partial charge < -0.3 is 4.90 Å². The average molecular weight is 161 g/mol. The van der Waals surface area contributed by atoms with Crippen molar-refractivity contribution in [1.29, 1.82) is 0 Å². The first-order valence-electron chi connectivity index (χ1n) is 3.17. The number of nitrogens with zero attached hydrogens (tertiary/aromatic N) is 1. The highest BCUT2D eigenvalue weighted by atomic mass is 32.2. The van der Waals surface area contributed by atoms with Crippen LogP contribution < -0.4 is 0 Å². The van der Waals surface area contributed by atoms with E-state index in [0.29, 0.717) is 0 Å². The molecule has 0 saturated carbocycles. The molecule has 0 atom stereocenters. The van der Waals surface area contributed by atoms with Crippen LogP contribution in [0, 0.1) is 0 Å². The summed E-state index contributed by atoms with van der Waals surface area (Å²) >= 11 is 6.78. The molecule has 0 radical (unpaired) electrons. The molecule has 0 aromatic heterocycles. The molecule has 0 N–H and O–H groups in total. The third-order valence-corrected chi connectivity index (χ3v) is 2.90. The Labute approximate surface area is 65.8 Å². The van der Waals surface area contributed by atoms with E-state index >= 15 is 0 Å². The lowest BCUT2D eigenvalue weighted by molar-refractivity contribution is 0.539. The van der Waals surface area contributed by atoms with E-state index in [1.165, 1.54) is 25.9 Å². The third kappa shape index (κ3) is 1.83. The number of rotatable bonds is 0. The second kappa shape index (κ2) is 3.42. The fourth-order valence-corrected chi connectivity index (χ4v) is 1.65. The molecular formula is C6H11NS2. The highest BCUT2D eigenvalue weighted by molar-refractivity contribution is 8.22. The van der Waals surface area contributed by atoms with E-state index in [1.807, 2.05) is 6.26 Å². The van der Waals surface area contributed by atoms with Gasteiger partial charge in [0.1, 0.15) is 4.32 Å². The standard InChI is InChI=1S/C6H11NS2/c1-9-6(8)7-4-2-3-5-7/h2-5H2,1H3. The number of hydrogen-bond donors (Lipinski definition) is 0. The van der Waals surface area contributed by atoms with Crippen LogP contribution in [0.2, 0.25) is 0 Å². The predicted octanol–water partition coefficient (Wildman–Crippen LogP) is 1.73. The van der Waals surface area contributed by atoms with Crippen molar-refractivity contribution in [3.63, 3.8) is 0 Å². The van der Waals surface area contributed by atoms with Crippen molar-refractivity contribution in [2.75, 3.05) is 19.3 Å². The van der Waals surface area contributed by atoms with Crippen molar-refractivity contribution < 1.29 is 0 Å². The van der Waals surface area contributed by atoms with Gasteiger partial charge in [-0.2, -0.15) is 0 Å². The molecule has 0 aromatic rings. The normalized spacial score (nSPS) is 18.6. The first-order chi connectivity index (χ1) is 4.34. The second-order valence-electron chi connectivity index (χ2n) is 2.16. The van der Waals surface area contributed by atoms with Gasteiger partial charge in [0.15, 0.2) is 0 Å². The van der Waals surface area contributed by atoms with Crippen LogP contribution in [0.3, 0.4) is 0 Å². The maximum atomic E-state index is 5.10. The average Bonchev–Trinajstić information content (AvgIpc) is 2.37. The summed E-state index contributed by atoms with van der Waals surface area (Å²) in [6, 6.07) is 0. The molecule has 0 bridgehead atoms. The summed E-state index contributed by atoms with van der Waals surface area (Å²) < 4.78 is 1.06. The monoisotopic (exact) mass is 161 g/mol. The number of thioether (sulfide) groups is 1. The molecule has 3 heteroatoms. The summed E-state index contributed by atoms with van der Waals surface area (Å²) in [5, 5.41) is 0. The third-order valence-electron chi connectivity index (χ3n) is 1.54. The van der Waals surface area contributed by atoms with Crippen LogP contribution in [0.1, 0.15) is 12.8 Å². The molecule has 0 aromatic carbocycles. The highest BCUT2D eigenvalue weighted by Gasteiger charge is 2.12. The zero-order chi connectivity index (χ0) is 6.69. The molecule has 0 aliphatic carbocycles. The predicted molar refractivity (Wildman–Crippen MR) is 46.9 cm³/mol. The first-order valence-corrected chi connectivity index (χ1v) is 4.81. The molecule has 0 spiro atoms. The van der Waals surface area contributed by atoms with Gasteiger partial charge in [-0.05, 0) is 19.1 Å². The van der Waals surface area contributed by atoms with E-state index in [0.717, 1.165) is 4.32 Å². The number of thiocarbonyl (C=S) groups is 1. The molecule has 0 amide bonds. The molecule has 1 saturated heterocycles. The lowest BCUT2D eigenvalue weighted by Crippen LogP contribution is -2.22.